The van der Waals surface area contributed by atoms with Gasteiger partial charge in [0.2, 0.25) is 0 Å². The number of hydrogen-bond donors (Lipinski definition) is 1. The third-order valence-electron chi connectivity index (χ3n) is 2.75. The maximum atomic E-state index is 9.90. The van der Waals surface area contributed by atoms with Gasteiger partial charge in [0.15, 0.2) is 0 Å². The fourth-order valence-electron chi connectivity index (χ4n) is 1.33. The molecule has 1 atom stereocenters. The summed E-state index contributed by atoms with van der Waals surface area (Å²) in [4.78, 5) is 8.24. The second-order valence-electron chi connectivity index (χ2n) is 3.21. The Labute approximate surface area is 106 Å². The Morgan fingerprint density at radius 1 is 1.36 bits per heavy atom. The van der Waals surface area contributed by atoms with Crippen LogP contribution in [0.1, 0.15) is 47.0 Å². The average molecular weight is 277 g/mol. The van der Waals surface area contributed by atoms with Crippen molar-refractivity contribution < 1.29 is 36.1 Å². The van der Waals surface area contributed by atoms with Gasteiger partial charge in [-0.2, -0.15) is 0 Å². The van der Waals surface area contributed by atoms with Gasteiger partial charge in [-0.25, -0.2) is 0 Å². The van der Waals surface area contributed by atoms with E-state index in [1.54, 1.807) is 0 Å². The van der Waals surface area contributed by atoms with Gasteiger partial charge in [-0.15, -0.1) is 0 Å². The van der Waals surface area contributed by atoms with Crippen molar-refractivity contribution >= 4 is 6.08 Å². The summed E-state index contributed by atoms with van der Waals surface area (Å²) in [5.41, 5.74) is -0.408. The minimum Gasteiger partial charge on any atom is -0.724 e. The Balaban J connectivity index is -0.000000267. The molecule has 1 N–H and O–H groups in total. The van der Waals surface area contributed by atoms with E-state index in [4.69, 9.17) is 10.2 Å². The molecule has 0 aromatic carbocycles. The summed E-state index contributed by atoms with van der Waals surface area (Å²) in [6.07, 6.45) is 3.31. The van der Waals surface area contributed by atoms with E-state index in [-0.39, 0.29) is 26.2 Å². The second-order valence-corrected chi connectivity index (χ2v) is 3.21. The minimum absolute atomic E-state index is 0. The minimum atomic E-state index is -0.408. The molecule has 1 unspecified atom stereocenters. The van der Waals surface area contributed by atoms with Gasteiger partial charge in [0.05, 0.1) is 5.60 Å². The van der Waals surface area contributed by atoms with Crippen LogP contribution in [0.15, 0.2) is 0 Å². The molecule has 0 aliphatic heterocycles. The molecular formula is C10H20NO2Zr-. The predicted octanol–water partition coefficient (Wildman–Crippen LogP) is 2.47. The van der Waals surface area contributed by atoms with Gasteiger partial charge < -0.3 is 10.5 Å². The third-order valence-corrected chi connectivity index (χ3v) is 2.75. The topological polar surface area (TPSA) is 59.6 Å². The molecule has 0 fully saturated rings. The van der Waals surface area contributed by atoms with E-state index < -0.39 is 5.60 Å². The van der Waals surface area contributed by atoms with Crippen LogP contribution in [0.25, 0.3) is 5.41 Å². The van der Waals surface area contributed by atoms with Crippen LogP contribution in [0.2, 0.25) is 0 Å². The average Bonchev–Trinajstić information content (AvgIpc) is 2.16. The molecule has 0 bridgehead atoms. The summed E-state index contributed by atoms with van der Waals surface area (Å²) in [5, 5.41) is 16.7. The van der Waals surface area contributed by atoms with Crippen molar-refractivity contribution in [2.75, 3.05) is 0 Å². The molecule has 0 saturated carbocycles. The molecule has 0 spiro atoms. The molecule has 0 heterocycles. The van der Waals surface area contributed by atoms with Crippen LogP contribution < -0.4 is 0 Å². The predicted molar refractivity (Wildman–Crippen MR) is 54.0 cm³/mol. The van der Waals surface area contributed by atoms with Crippen molar-refractivity contribution in [1.29, 1.82) is 0 Å². The molecule has 0 amide bonds. The third kappa shape index (κ3) is 7.61. The van der Waals surface area contributed by atoms with Crippen molar-refractivity contribution in [2.45, 2.75) is 52.6 Å². The smallest absolute Gasteiger partial charge is 0.0667 e. The molecule has 3 nitrogen and oxygen atoms in total. The van der Waals surface area contributed by atoms with E-state index >= 15 is 0 Å². The summed E-state index contributed by atoms with van der Waals surface area (Å²) >= 11 is 0. The van der Waals surface area contributed by atoms with Gasteiger partial charge in [-0.05, 0) is 24.8 Å². The van der Waals surface area contributed by atoms with Gasteiger partial charge in [0.25, 0.3) is 0 Å². The summed E-state index contributed by atoms with van der Waals surface area (Å²) < 4.78 is 0. The first-order valence-electron chi connectivity index (χ1n) is 4.75. The largest absolute Gasteiger partial charge is 0.724 e. The van der Waals surface area contributed by atoms with Crippen molar-refractivity contribution in [3.8, 4) is 0 Å². The molecule has 82 valence electrons. The first kappa shape index (κ1) is 19.7. The second kappa shape index (κ2) is 11.3. The number of carbonyl (C=O) groups excluding carboxylic acids is 1. The Morgan fingerprint density at radius 2 is 1.64 bits per heavy atom. The van der Waals surface area contributed by atoms with Crippen LogP contribution in [0.4, 0.5) is 0 Å². The number of rotatable bonds is 4. The zero-order valence-corrected chi connectivity index (χ0v) is 12.0. The molecule has 14 heavy (non-hydrogen) atoms. The summed E-state index contributed by atoms with van der Waals surface area (Å²) in [7, 11) is 0. The van der Waals surface area contributed by atoms with Crippen LogP contribution in [0.3, 0.4) is 0 Å². The van der Waals surface area contributed by atoms with Crippen LogP contribution in [0, 0.1) is 5.92 Å². The summed E-state index contributed by atoms with van der Waals surface area (Å²) in [6.45, 7) is 8.35. The Bertz CT molecular complexity index is 152. The van der Waals surface area contributed by atoms with E-state index in [9.17, 15) is 5.11 Å². The molecule has 0 aliphatic rings. The zero-order chi connectivity index (χ0) is 10.9. The zero-order valence-electron chi connectivity index (χ0n) is 9.50. The fraction of sp³-hybridized carbons (Fsp3) is 0.900. The van der Waals surface area contributed by atoms with Crippen LogP contribution in [0.5, 0.6) is 0 Å². The van der Waals surface area contributed by atoms with E-state index in [1.165, 1.54) is 0 Å². The monoisotopic (exact) mass is 276 g/mol. The molecule has 4 heteroatoms. The van der Waals surface area contributed by atoms with Gasteiger partial charge >= 0.3 is 0 Å². The number of nitrogens with zero attached hydrogens (tertiary/aromatic N) is 1. The first-order chi connectivity index (χ1) is 6.02. The van der Waals surface area contributed by atoms with Crippen molar-refractivity contribution in [3.05, 3.63) is 5.41 Å². The molecule has 0 aromatic heterocycles. The van der Waals surface area contributed by atoms with E-state index in [2.05, 4.69) is 27.7 Å². The van der Waals surface area contributed by atoms with Crippen LogP contribution >= 0.6 is 0 Å². The van der Waals surface area contributed by atoms with Crippen molar-refractivity contribution in [3.63, 3.8) is 0 Å². The molecule has 0 radical (unpaired) electrons. The Morgan fingerprint density at radius 3 is 1.71 bits per heavy atom. The van der Waals surface area contributed by atoms with Crippen LogP contribution in [-0.2, 0) is 31.0 Å². The summed E-state index contributed by atoms with van der Waals surface area (Å²) in [5.74, 6) is 0.433. The Hall–Kier alpha value is 0.223. The van der Waals surface area contributed by atoms with Crippen LogP contribution in [-0.4, -0.2) is 16.8 Å². The fourth-order valence-corrected chi connectivity index (χ4v) is 1.33. The Kier molecular flexibility index (Phi) is 15.9. The number of aliphatic hydroxyl groups is 1. The van der Waals surface area contributed by atoms with Crippen molar-refractivity contribution in [1.82, 2.24) is 0 Å². The molecule has 0 rings (SSSR count). The molecular weight excluding hydrogens is 257 g/mol. The molecule has 0 aromatic rings. The number of hydrogen-bond acceptors (Lipinski definition) is 2. The first-order valence-corrected chi connectivity index (χ1v) is 4.75. The standard InChI is InChI=1S/C9H20O.CNO.Zr/c1-5-8(4)9(10,6-2)7-3;2-1-3;/h8,10H,5-7H2,1-4H3;;/q;-1;. The molecule has 0 aliphatic carbocycles. The maximum absolute atomic E-state index is 9.90. The van der Waals surface area contributed by atoms with Gasteiger partial charge in [0, 0.05) is 26.2 Å². The SMILES string of the molecule is CCC(C)C(O)(CC)CC.[N-]=C=O.[Zr]. The maximum Gasteiger partial charge on any atom is 0.0667 e. The normalized spacial score (nSPS) is 11.5. The van der Waals surface area contributed by atoms with E-state index in [1.807, 2.05) is 0 Å². The van der Waals surface area contributed by atoms with Gasteiger partial charge in [0.1, 0.15) is 0 Å². The van der Waals surface area contributed by atoms with Gasteiger partial charge in [-0.3, -0.25) is 4.79 Å². The van der Waals surface area contributed by atoms with Crippen molar-refractivity contribution in [2.24, 2.45) is 5.92 Å². The van der Waals surface area contributed by atoms with Gasteiger partial charge in [-0.1, -0.05) is 34.1 Å². The number of isocyanates is 1. The van der Waals surface area contributed by atoms with E-state index in [0.717, 1.165) is 19.3 Å². The summed E-state index contributed by atoms with van der Waals surface area (Å²) in [6, 6.07) is 0. The quantitative estimate of drug-likeness (QED) is 0.634. The molecule has 0 saturated heterocycles. The van der Waals surface area contributed by atoms with E-state index in [0.29, 0.717) is 12.0 Å².